The highest BCUT2D eigenvalue weighted by Crippen LogP contribution is 2.25. The highest BCUT2D eigenvalue weighted by Gasteiger charge is 2.31. The van der Waals surface area contributed by atoms with Crippen LogP contribution in [0.15, 0.2) is 22.7 Å². The molecule has 6 heteroatoms. The van der Waals surface area contributed by atoms with Gasteiger partial charge in [-0.05, 0) is 34.1 Å². The first-order chi connectivity index (χ1) is 6.79. The van der Waals surface area contributed by atoms with E-state index in [0.717, 1.165) is 0 Å². The summed E-state index contributed by atoms with van der Waals surface area (Å²) in [6.45, 7) is 0. The highest BCUT2D eigenvalue weighted by molar-refractivity contribution is 9.10. The van der Waals surface area contributed by atoms with Crippen LogP contribution in [0.2, 0.25) is 0 Å². The third-order valence-electron chi connectivity index (χ3n) is 1.68. The molecule has 0 aromatic heterocycles. The predicted octanol–water partition coefficient (Wildman–Crippen LogP) is 3.17. The zero-order chi connectivity index (χ0) is 11.6. The minimum absolute atomic E-state index is 0.00611. The second-order valence-electron chi connectivity index (χ2n) is 2.95. The van der Waals surface area contributed by atoms with Gasteiger partial charge in [-0.15, -0.1) is 0 Å². The number of ketones is 1. The van der Waals surface area contributed by atoms with Crippen LogP contribution < -0.4 is 5.73 Å². The summed E-state index contributed by atoms with van der Waals surface area (Å²) in [5.41, 5.74) is 5.80. The lowest BCUT2D eigenvalue weighted by atomic mass is 10.1. The molecular formula is C9H7BrF3NO. The van der Waals surface area contributed by atoms with Gasteiger partial charge in [-0.3, -0.25) is 4.79 Å². The quantitative estimate of drug-likeness (QED) is 0.668. The van der Waals surface area contributed by atoms with Gasteiger partial charge in [0.1, 0.15) is 6.42 Å². The molecule has 0 bridgehead atoms. The van der Waals surface area contributed by atoms with Gasteiger partial charge in [0.05, 0.1) is 0 Å². The lowest BCUT2D eigenvalue weighted by molar-refractivity contribution is -0.125. The minimum Gasteiger partial charge on any atom is -0.398 e. The van der Waals surface area contributed by atoms with Crippen molar-refractivity contribution < 1.29 is 18.0 Å². The summed E-state index contributed by atoms with van der Waals surface area (Å²) >= 11 is 3.04. The molecule has 2 N–H and O–H groups in total. The number of nitrogens with two attached hydrogens (primary N) is 1. The summed E-state index contributed by atoms with van der Waals surface area (Å²) < 4.78 is 36.2. The molecule has 0 heterocycles. The van der Waals surface area contributed by atoms with E-state index in [9.17, 15) is 18.0 Å². The molecule has 82 valence electrons. The molecule has 0 saturated heterocycles. The Morgan fingerprint density at radius 3 is 2.47 bits per heavy atom. The zero-order valence-electron chi connectivity index (χ0n) is 7.44. The Morgan fingerprint density at radius 2 is 2.00 bits per heavy atom. The van der Waals surface area contributed by atoms with E-state index in [-0.39, 0.29) is 5.56 Å². The number of rotatable bonds is 2. The number of halogens is 4. The monoisotopic (exact) mass is 281 g/mol. The van der Waals surface area contributed by atoms with Gasteiger partial charge in [-0.25, -0.2) is 0 Å². The summed E-state index contributed by atoms with van der Waals surface area (Å²) in [4.78, 5) is 11.1. The molecule has 0 spiro atoms. The van der Waals surface area contributed by atoms with Crippen LogP contribution in [-0.2, 0) is 0 Å². The molecule has 2 nitrogen and oxygen atoms in total. The molecule has 0 saturated carbocycles. The normalized spacial score (nSPS) is 11.5. The van der Waals surface area contributed by atoms with Gasteiger partial charge in [-0.2, -0.15) is 13.2 Å². The van der Waals surface area contributed by atoms with Gasteiger partial charge < -0.3 is 5.73 Å². The van der Waals surface area contributed by atoms with Gasteiger partial charge in [0.15, 0.2) is 5.78 Å². The van der Waals surface area contributed by atoms with Crippen LogP contribution >= 0.6 is 15.9 Å². The van der Waals surface area contributed by atoms with E-state index in [1.165, 1.54) is 18.2 Å². The fraction of sp³-hybridized carbons (Fsp3) is 0.222. The number of hydrogen-bond donors (Lipinski definition) is 1. The maximum Gasteiger partial charge on any atom is 0.396 e. The summed E-state index contributed by atoms with van der Waals surface area (Å²) in [7, 11) is 0. The summed E-state index contributed by atoms with van der Waals surface area (Å²) in [5, 5.41) is 0. The van der Waals surface area contributed by atoms with E-state index in [1.807, 2.05) is 0 Å². The van der Waals surface area contributed by atoms with Crippen LogP contribution in [0, 0.1) is 0 Å². The first-order valence-electron chi connectivity index (χ1n) is 3.94. The van der Waals surface area contributed by atoms with Gasteiger partial charge in [-0.1, -0.05) is 0 Å². The van der Waals surface area contributed by atoms with Gasteiger partial charge in [0, 0.05) is 15.7 Å². The van der Waals surface area contributed by atoms with Crippen molar-refractivity contribution in [1.82, 2.24) is 0 Å². The molecule has 15 heavy (non-hydrogen) atoms. The summed E-state index contributed by atoms with van der Waals surface area (Å²) in [6.07, 6.45) is -5.94. The molecule has 0 fully saturated rings. The smallest absolute Gasteiger partial charge is 0.396 e. The van der Waals surface area contributed by atoms with Crippen molar-refractivity contribution in [3.63, 3.8) is 0 Å². The van der Waals surface area contributed by atoms with Crippen LogP contribution in [0.25, 0.3) is 0 Å². The van der Waals surface area contributed by atoms with Crippen LogP contribution in [0.5, 0.6) is 0 Å². The number of anilines is 1. The van der Waals surface area contributed by atoms with E-state index in [4.69, 9.17) is 5.73 Å². The fourth-order valence-corrected chi connectivity index (χ4v) is 1.36. The maximum absolute atomic E-state index is 11.9. The average molecular weight is 282 g/mol. The lowest BCUT2D eigenvalue weighted by Crippen LogP contribution is -2.15. The van der Waals surface area contributed by atoms with E-state index in [0.29, 0.717) is 10.2 Å². The Morgan fingerprint density at radius 1 is 1.40 bits per heavy atom. The third-order valence-corrected chi connectivity index (χ3v) is 2.37. The Labute approximate surface area is 92.4 Å². The Kier molecular flexibility index (Phi) is 3.38. The van der Waals surface area contributed by atoms with Gasteiger partial charge in [0.2, 0.25) is 0 Å². The fourth-order valence-electron chi connectivity index (χ4n) is 0.985. The van der Waals surface area contributed by atoms with Crippen molar-refractivity contribution in [3.8, 4) is 0 Å². The van der Waals surface area contributed by atoms with Gasteiger partial charge in [0.25, 0.3) is 0 Å². The average Bonchev–Trinajstić information content (AvgIpc) is 2.06. The largest absolute Gasteiger partial charge is 0.398 e. The number of hydrogen-bond acceptors (Lipinski definition) is 2. The number of alkyl halides is 3. The SMILES string of the molecule is Nc1ccc(C(=O)CC(F)(F)F)cc1Br. The first-order valence-corrected chi connectivity index (χ1v) is 4.74. The number of carbonyl (C=O) groups excluding carboxylic acids is 1. The van der Waals surface area contributed by atoms with Crippen molar-refractivity contribution >= 4 is 27.4 Å². The molecule has 0 aliphatic heterocycles. The van der Waals surface area contributed by atoms with E-state index in [2.05, 4.69) is 15.9 Å². The minimum atomic E-state index is -4.48. The van der Waals surface area contributed by atoms with Crippen LogP contribution in [0.1, 0.15) is 16.8 Å². The maximum atomic E-state index is 11.9. The zero-order valence-corrected chi connectivity index (χ0v) is 9.02. The summed E-state index contributed by atoms with van der Waals surface area (Å²) in [6, 6.07) is 3.94. The van der Waals surface area contributed by atoms with Crippen molar-refractivity contribution in [3.05, 3.63) is 28.2 Å². The number of benzene rings is 1. The third kappa shape index (κ3) is 3.54. The van der Waals surface area contributed by atoms with Crippen LogP contribution in [0.3, 0.4) is 0 Å². The van der Waals surface area contributed by atoms with Crippen LogP contribution in [0.4, 0.5) is 18.9 Å². The van der Waals surface area contributed by atoms with Crippen LogP contribution in [-0.4, -0.2) is 12.0 Å². The molecule has 0 radical (unpaired) electrons. The molecule has 1 aromatic carbocycles. The van der Waals surface area contributed by atoms with E-state index >= 15 is 0 Å². The number of carbonyl (C=O) groups is 1. The molecular weight excluding hydrogens is 275 g/mol. The van der Waals surface area contributed by atoms with Crippen molar-refractivity contribution in [2.24, 2.45) is 0 Å². The standard InChI is InChI=1S/C9H7BrF3NO/c10-6-3-5(1-2-7(6)14)8(15)4-9(11,12)13/h1-3H,4,14H2. The molecule has 0 aliphatic rings. The Hall–Kier alpha value is -1.04. The molecule has 0 atom stereocenters. The molecule has 1 rings (SSSR count). The van der Waals surface area contributed by atoms with Crippen molar-refractivity contribution in [2.75, 3.05) is 5.73 Å². The molecule has 0 aliphatic carbocycles. The van der Waals surface area contributed by atoms with Crippen molar-refractivity contribution in [1.29, 1.82) is 0 Å². The van der Waals surface area contributed by atoms with E-state index < -0.39 is 18.4 Å². The van der Waals surface area contributed by atoms with E-state index in [1.54, 1.807) is 0 Å². The molecule has 1 aromatic rings. The Balaban J connectivity index is 2.88. The van der Waals surface area contributed by atoms with Gasteiger partial charge >= 0.3 is 6.18 Å². The topological polar surface area (TPSA) is 43.1 Å². The molecule has 0 amide bonds. The second kappa shape index (κ2) is 4.22. The molecule has 0 unspecified atom stereocenters. The first kappa shape index (κ1) is 12.0. The Bertz CT molecular complexity index is 389. The number of nitrogen functional groups attached to an aromatic ring is 1. The highest BCUT2D eigenvalue weighted by atomic mass is 79.9. The second-order valence-corrected chi connectivity index (χ2v) is 3.81. The lowest BCUT2D eigenvalue weighted by Gasteiger charge is -2.06. The summed E-state index contributed by atoms with van der Waals surface area (Å²) in [5.74, 6) is -0.969. The predicted molar refractivity (Wildman–Crippen MR) is 53.6 cm³/mol. The van der Waals surface area contributed by atoms with Crippen molar-refractivity contribution in [2.45, 2.75) is 12.6 Å². The number of Topliss-reactive ketones (excluding diaryl/α,β-unsaturated/α-hetero) is 1.